The lowest BCUT2D eigenvalue weighted by Crippen LogP contribution is -2.24. The summed E-state index contributed by atoms with van der Waals surface area (Å²) in [7, 11) is 0. The number of aromatic nitrogens is 1. The molecular formula is C23H26N4O. The quantitative estimate of drug-likeness (QED) is 0.509. The Hall–Kier alpha value is -3.21. The van der Waals surface area contributed by atoms with Crippen LogP contribution >= 0.6 is 0 Å². The van der Waals surface area contributed by atoms with Crippen LogP contribution in [0.15, 0.2) is 59.6 Å². The molecule has 4 N–H and O–H groups in total. The van der Waals surface area contributed by atoms with Gasteiger partial charge < -0.3 is 11.5 Å². The van der Waals surface area contributed by atoms with Gasteiger partial charge in [-0.25, -0.2) is 4.98 Å². The first-order valence-corrected chi connectivity index (χ1v) is 9.50. The van der Waals surface area contributed by atoms with E-state index in [4.69, 9.17) is 16.5 Å². The van der Waals surface area contributed by atoms with E-state index in [0.29, 0.717) is 11.5 Å². The number of fused-ring (bicyclic) bond motifs is 1. The largest absolute Gasteiger partial charge is 0.370 e. The molecule has 0 aliphatic rings. The number of carbonyl (C=O) groups excluding carboxylic acids is 1. The molecule has 0 fully saturated rings. The second-order valence-corrected chi connectivity index (χ2v) is 7.53. The van der Waals surface area contributed by atoms with Gasteiger partial charge in [0.05, 0.1) is 16.8 Å². The topological polar surface area (TPSA) is 94.4 Å². The fourth-order valence-corrected chi connectivity index (χ4v) is 3.66. The molecule has 144 valence electrons. The maximum Gasteiger partial charge on any atom is 0.280 e. The van der Waals surface area contributed by atoms with E-state index in [9.17, 15) is 4.79 Å². The van der Waals surface area contributed by atoms with Crippen LogP contribution < -0.4 is 11.5 Å². The number of pyridine rings is 1. The van der Waals surface area contributed by atoms with E-state index in [2.05, 4.69) is 31.8 Å². The second-order valence-electron chi connectivity index (χ2n) is 7.53. The van der Waals surface area contributed by atoms with E-state index in [-0.39, 0.29) is 11.9 Å². The van der Waals surface area contributed by atoms with Crippen LogP contribution in [0.25, 0.3) is 22.2 Å². The van der Waals surface area contributed by atoms with Gasteiger partial charge in [0.1, 0.15) is 0 Å². The van der Waals surface area contributed by atoms with Crippen LogP contribution in [-0.2, 0) is 0 Å². The van der Waals surface area contributed by atoms with E-state index < -0.39 is 5.91 Å². The number of hydrogen-bond acceptors (Lipinski definition) is 2. The van der Waals surface area contributed by atoms with Crippen molar-refractivity contribution in [2.75, 3.05) is 0 Å². The van der Waals surface area contributed by atoms with Crippen LogP contribution in [0, 0.1) is 5.92 Å². The molecule has 0 aliphatic carbocycles. The molecular weight excluding hydrogens is 348 g/mol. The molecule has 1 unspecified atom stereocenters. The van der Waals surface area contributed by atoms with Crippen molar-refractivity contribution in [2.45, 2.75) is 33.1 Å². The molecule has 3 aromatic rings. The van der Waals surface area contributed by atoms with Crippen molar-refractivity contribution in [1.82, 2.24) is 4.98 Å². The number of aliphatic imine (C=N–C) groups is 1. The molecule has 1 amide bonds. The number of nitrogens with zero attached hydrogens (tertiary/aromatic N) is 2. The molecule has 5 heteroatoms. The van der Waals surface area contributed by atoms with Crippen molar-refractivity contribution in [3.05, 3.63) is 65.7 Å². The Kier molecular flexibility index (Phi) is 5.73. The third kappa shape index (κ3) is 4.19. The molecule has 0 radical (unpaired) electrons. The van der Waals surface area contributed by atoms with Gasteiger partial charge in [0, 0.05) is 10.9 Å². The highest BCUT2D eigenvalue weighted by Gasteiger charge is 2.19. The molecule has 0 saturated heterocycles. The van der Waals surface area contributed by atoms with Gasteiger partial charge in [-0.2, -0.15) is 4.99 Å². The fourth-order valence-electron chi connectivity index (χ4n) is 3.66. The lowest BCUT2D eigenvalue weighted by molar-refractivity contribution is 0.100. The monoisotopic (exact) mass is 374 g/mol. The number of nitrogens with two attached hydrogens (primary N) is 2. The van der Waals surface area contributed by atoms with Crippen molar-refractivity contribution in [2.24, 2.45) is 22.4 Å². The molecule has 0 aliphatic heterocycles. The highest BCUT2D eigenvalue weighted by molar-refractivity contribution is 6.11. The van der Waals surface area contributed by atoms with Gasteiger partial charge in [0.2, 0.25) is 0 Å². The molecule has 5 nitrogen and oxygen atoms in total. The van der Waals surface area contributed by atoms with E-state index in [0.717, 1.165) is 34.1 Å². The maximum atomic E-state index is 12.9. The molecule has 3 rings (SSSR count). The van der Waals surface area contributed by atoms with Gasteiger partial charge in [-0.1, -0.05) is 63.2 Å². The summed E-state index contributed by atoms with van der Waals surface area (Å²) < 4.78 is 0. The van der Waals surface area contributed by atoms with E-state index in [1.807, 2.05) is 42.5 Å². The number of benzene rings is 2. The summed E-state index contributed by atoms with van der Waals surface area (Å²) in [4.78, 5) is 21.5. The molecule has 28 heavy (non-hydrogen) atoms. The van der Waals surface area contributed by atoms with Gasteiger partial charge >= 0.3 is 0 Å². The molecule has 0 bridgehead atoms. The maximum absolute atomic E-state index is 12.9. The van der Waals surface area contributed by atoms with E-state index in [1.165, 1.54) is 0 Å². The third-order valence-corrected chi connectivity index (χ3v) is 4.75. The summed E-state index contributed by atoms with van der Waals surface area (Å²) >= 11 is 0. The summed E-state index contributed by atoms with van der Waals surface area (Å²) in [6.45, 7) is 6.56. The predicted molar refractivity (Wildman–Crippen MR) is 115 cm³/mol. The Labute approximate surface area is 165 Å². The molecule has 1 atom stereocenters. The summed E-state index contributed by atoms with van der Waals surface area (Å²) in [6, 6.07) is 17.5. The molecule has 0 spiro atoms. The van der Waals surface area contributed by atoms with Crippen LogP contribution in [0.5, 0.6) is 0 Å². The Balaban J connectivity index is 2.28. The fraction of sp³-hybridized carbons (Fsp3) is 0.261. The number of amides is 1. The first-order chi connectivity index (χ1) is 13.4. The van der Waals surface area contributed by atoms with Crippen LogP contribution in [0.2, 0.25) is 0 Å². The molecule has 2 aromatic carbocycles. The first kappa shape index (κ1) is 19.5. The highest BCUT2D eigenvalue weighted by Crippen LogP contribution is 2.33. The van der Waals surface area contributed by atoms with Crippen molar-refractivity contribution in [1.29, 1.82) is 0 Å². The second kappa shape index (κ2) is 8.21. The third-order valence-electron chi connectivity index (χ3n) is 4.75. The molecule has 1 aromatic heterocycles. The normalized spacial score (nSPS) is 12.1. The summed E-state index contributed by atoms with van der Waals surface area (Å²) in [5, 5.41) is 0.824. The van der Waals surface area contributed by atoms with Crippen LogP contribution in [0.1, 0.15) is 49.0 Å². The predicted octanol–water partition coefficient (Wildman–Crippen LogP) is 4.47. The van der Waals surface area contributed by atoms with Crippen molar-refractivity contribution >= 4 is 22.8 Å². The minimum absolute atomic E-state index is 0.246. The first-order valence-electron chi connectivity index (χ1n) is 9.50. The van der Waals surface area contributed by atoms with Crippen molar-refractivity contribution in [3.8, 4) is 11.3 Å². The summed E-state index contributed by atoms with van der Waals surface area (Å²) in [5.74, 6) is 0.121. The summed E-state index contributed by atoms with van der Waals surface area (Å²) in [6.07, 6.45) is 1.01. The zero-order valence-electron chi connectivity index (χ0n) is 16.5. The van der Waals surface area contributed by atoms with E-state index in [1.54, 1.807) is 6.07 Å². The van der Waals surface area contributed by atoms with Crippen molar-refractivity contribution in [3.63, 3.8) is 0 Å². The number of rotatable bonds is 5. The Morgan fingerprint density at radius 2 is 1.75 bits per heavy atom. The van der Waals surface area contributed by atoms with E-state index >= 15 is 0 Å². The average Bonchev–Trinajstić information content (AvgIpc) is 2.66. The Morgan fingerprint density at radius 3 is 2.39 bits per heavy atom. The summed E-state index contributed by atoms with van der Waals surface area (Å²) in [5.41, 5.74) is 14.9. The number of carbonyl (C=O) groups is 1. The van der Waals surface area contributed by atoms with Gasteiger partial charge in [-0.15, -0.1) is 0 Å². The number of hydrogen-bond donors (Lipinski definition) is 2. The van der Waals surface area contributed by atoms with Crippen LogP contribution in [0.4, 0.5) is 0 Å². The zero-order valence-corrected chi connectivity index (χ0v) is 16.5. The lowest BCUT2D eigenvalue weighted by atomic mass is 9.87. The van der Waals surface area contributed by atoms with Crippen molar-refractivity contribution < 1.29 is 4.79 Å². The number of guanidine groups is 1. The Morgan fingerprint density at radius 1 is 1.04 bits per heavy atom. The van der Waals surface area contributed by atoms with Gasteiger partial charge in [0.25, 0.3) is 5.91 Å². The standard InChI is InChI=1S/C23H26N4O/c1-14(2)12-15(3)17-10-7-11-19-21(17)18(22(28)27-23(24)25)13-20(26-19)16-8-5-4-6-9-16/h4-11,13-15H,12H2,1-3H3,(H4,24,25,27,28). The van der Waals surface area contributed by atoms with Gasteiger partial charge in [-0.3, -0.25) is 4.79 Å². The van der Waals surface area contributed by atoms with Crippen LogP contribution in [-0.4, -0.2) is 16.9 Å². The molecule has 0 saturated carbocycles. The smallest absolute Gasteiger partial charge is 0.280 e. The minimum Gasteiger partial charge on any atom is -0.370 e. The van der Waals surface area contributed by atoms with Gasteiger partial charge in [-0.05, 0) is 36.0 Å². The minimum atomic E-state index is -0.450. The van der Waals surface area contributed by atoms with Crippen LogP contribution in [0.3, 0.4) is 0 Å². The van der Waals surface area contributed by atoms with Gasteiger partial charge in [0.15, 0.2) is 5.96 Å². The Bertz CT molecular complexity index is 1020. The zero-order chi connectivity index (χ0) is 20.3. The molecule has 1 heterocycles. The average molecular weight is 374 g/mol. The highest BCUT2D eigenvalue weighted by atomic mass is 16.1. The SMILES string of the molecule is CC(C)CC(C)c1cccc2nc(-c3ccccc3)cc(C(=O)N=C(N)N)c12. The lowest BCUT2D eigenvalue weighted by Gasteiger charge is -2.18.